The molecule has 3 aliphatic rings. The number of hydrogen-bond acceptors (Lipinski definition) is 5. The summed E-state index contributed by atoms with van der Waals surface area (Å²) in [5.41, 5.74) is 0.465. The van der Waals surface area contributed by atoms with Gasteiger partial charge in [0, 0.05) is 18.3 Å². The zero-order valence-electron chi connectivity index (χ0n) is 12.9. The smallest absolute Gasteiger partial charge is 0.414 e. The molecule has 0 N–H and O–H groups in total. The Labute approximate surface area is 133 Å². The predicted molar refractivity (Wildman–Crippen MR) is 80.0 cm³/mol. The Morgan fingerprint density at radius 3 is 2.78 bits per heavy atom. The van der Waals surface area contributed by atoms with E-state index in [0.717, 1.165) is 11.3 Å². The van der Waals surface area contributed by atoms with Crippen molar-refractivity contribution in [3.05, 3.63) is 29.8 Å². The number of Topliss-reactive ketones (excluding diaryl/α,β-unsaturated/α-hetero) is 1. The first-order chi connectivity index (χ1) is 11.1. The average Bonchev–Trinajstić information content (AvgIpc) is 3.17. The fraction of sp³-hybridized carbons (Fsp3) is 0.471. The molecule has 4 rings (SSSR count). The zero-order valence-corrected chi connectivity index (χ0v) is 12.9. The molecular weight excluding hydrogens is 298 g/mol. The van der Waals surface area contributed by atoms with Gasteiger partial charge in [0.25, 0.3) is 0 Å². The molecule has 1 heterocycles. The van der Waals surface area contributed by atoms with Crippen molar-refractivity contribution in [3.63, 3.8) is 0 Å². The number of benzene rings is 1. The van der Waals surface area contributed by atoms with Crippen molar-refractivity contribution >= 4 is 23.5 Å². The highest BCUT2D eigenvalue weighted by Crippen LogP contribution is 2.75. The van der Waals surface area contributed by atoms with E-state index in [1.54, 1.807) is 11.8 Å². The maximum atomic E-state index is 12.6. The highest BCUT2D eigenvalue weighted by molar-refractivity contribution is 6.14. The average molecular weight is 315 g/mol. The van der Waals surface area contributed by atoms with Gasteiger partial charge in [-0.3, -0.25) is 14.5 Å². The van der Waals surface area contributed by atoms with Gasteiger partial charge in [-0.05, 0) is 18.6 Å². The monoisotopic (exact) mass is 315 g/mol. The van der Waals surface area contributed by atoms with E-state index in [-0.39, 0.29) is 36.7 Å². The minimum absolute atomic E-state index is 0.131. The Balaban J connectivity index is 1.86. The molecule has 120 valence electrons. The number of anilines is 1. The third-order valence-corrected chi connectivity index (χ3v) is 5.39. The molecule has 1 aromatic carbocycles. The van der Waals surface area contributed by atoms with Gasteiger partial charge < -0.3 is 9.47 Å². The third-order valence-electron chi connectivity index (χ3n) is 5.39. The van der Waals surface area contributed by atoms with Gasteiger partial charge in [0.1, 0.15) is 5.41 Å². The summed E-state index contributed by atoms with van der Waals surface area (Å²) in [6.45, 7) is 2.00. The van der Waals surface area contributed by atoms with Gasteiger partial charge in [-0.2, -0.15) is 0 Å². The van der Waals surface area contributed by atoms with E-state index in [2.05, 4.69) is 0 Å². The van der Waals surface area contributed by atoms with Crippen molar-refractivity contribution in [1.29, 1.82) is 0 Å². The van der Waals surface area contributed by atoms with Crippen molar-refractivity contribution in [2.75, 3.05) is 18.6 Å². The Morgan fingerprint density at radius 2 is 2.09 bits per heavy atom. The Bertz CT molecular complexity index is 729. The molecule has 0 aromatic heterocycles. The lowest BCUT2D eigenvalue weighted by atomic mass is 9.89. The number of carbonyl (C=O) groups excluding carboxylic acids is 3. The standard InChI is InChI=1S/C17H17NO5/c1-3-23-16(21)18-10-7-5-4-6-9(10)13-14-11(18)8-12(19)17(13,14)15(20)22-2/h4-7,11,13-14H,3,8H2,1-2H3. The van der Waals surface area contributed by atoms with Crippen LogP contribution in [0.15, 0.2) is 24.3 Å². The predicted octanol–water partition coefficient (Wildman–Crippen LogP) is 1.88. The van der Waals surface area contributed by atoms with Crippen LogP contribution in [0.1, 0.15) is 24.8 Å². The molecule has 6 heteroatoms. The number of nitrogens with zero attached hydrogens (tertiary/aromatic N) is 1. The lowest BCUT2D eigenvalue weighted by molar-refractivity contribution is -0.151. The number of ether oxygens (including phenoxy) is 2. The lowest BCUT2D eigenvalue weighted by Crippen LogP contribution is -2.44. The van der Waals surface area contributed by atoms with Crippen molar-refractivity contribution in [3.8, 4) is 0 Å². The molecule has 2 saturated carbocycles. The van der Waals surface area contributed by atoms with E-state index in [9.17, 15) is 14.4 Å². The number of ketones is 1. The summed E-state index contributed by atoms with van der Waals surface area (Å²) in [5, 5.41) is 0. The van der Waals surface area contributed by atoms with E-state index < -0.39 is 17.5 Å². The van der Waals surface area contributed by atoms with Crippen LogP contribution < -0.4 is 4.90 Å². The molecule has 1 amide bonds. The number of hydrogen-bond donors (Lipinski definition) is 0. The molecule has 0 saturated heterocycles. The number of methoxy groups -OCH3 is 1. The largest absolute Gasteiger partial charge is 0.468 e. The number of amides is 1. The molecule has 4 atom stereocenters. The van der Waals surface area contributed by atoms with Crippen LogP contribution in [0.3, 0.4) is 0 Å². The molecule has 0 radical (unpaired) electrons. The highest BCUT2D eigenvalue weighted by atomic mass is 16.6. The van der Waals surface area contributed by atoms with Crippen LogP contribution in [-0.4, -0.2) is 37.6 Å². The number of para-hydroxylation sites is 1. The van der Waals surface area contributed by atoms with Gasteiger partial charge in [-0.1, -0.05) is 18.2 Å². The van der Waals surface area contributed by atoms with Crippen LogP contribution in [-0.2, 0) is 19.1 Å². The van der Waals surface area contributed by atoms with E-state index in [0.29, 0.717) is 0 Å². The second-order valence-electron chi connectivity index (χ2n) is 6.19. The van der Waals surface area contributed by atoms with Gasteiger partial charge in [0.2, 0.25) is 0 Å². The zero-order chi connectivity index (χ0) is 16.4. The van der Waals surface area contributed by atoms with Crippen LogP contribution in [0.4, 0.5) is 10.5 Å². The molecule has 1 aromatic rings. The van der Waals surface area contributed by atoms with E-state index in [1.165, 1.54) is 7.11 Å². The van der Waals surface area contributed by atoms with Crippen LogP contribution in [0.5, 0.6) is 0 Å². The fourth-order valence-electron chi connectivity index (χ4n) is 4.60. The summed E-state index contributed by atoms with van der Waals surface area (Å²) in [7, 11) is 1.30. The molecule has 1 aliphatic heterocycles. The minimum Gasteiger partial charge on any atom is -0.468 e. The normalized spacial score (nSPS) is 32.9. The molecular formula is C17H17NO5. The number of rotatable bonds is 2. The van der Waals surface area contributed by atoms with Crippen LogP contribution in [0.2, 0.25) is 0 Å². The molecule has 2 aliphatic carbocycles. The van der Waals surface area contributed by atoms with Crippen molar-refractivity contribution < 1.29 is 23.9 Å². The summed E-state index contributed by atoms with van der Waals surface area (Å²) in [4.78, 5) is 39.0. The Morgan fingerprint density at radius 1 is 1.35 bits per heavy atom. The number of esters is 1. The van der Waals surface area contributed by atoms with Gasteiger partial charge in [-0.25, -0.2) is 4.79 Å². The molecule has 2 fully saturated rings. The summed E-state index contributed by atoms with van der Waals surface area (Å²) >= 11 is 0. The molecule has 23 heavy (non-hydrogen) atoms. The highest BCUT2D eigenvalue weighted by Gasteiger charge is 2.83. The summed E-state index contributed by atoms with van der Waals surface area (Å²) in [5.74, 6) is -1.02. The quantitative estimate of drug-likeness (QED) is 0.615. The van der Waals surface area contributed by atoms with E-state index in [4.69, 9.17) is 9.47 Å². The third kappa shape index (κ3) is 1.51. The van der Waals surface area contributed by atoms with Crippen LogP contribution >= 0.6 is 0 Å². The maximum Gasteiger partial charge on any atom is 0.414 e. The first kappa shape index (κ1) is 14.2. The summed E-state index contributed by atoms with van der Waals surface area (Å²) in [6.07, 6.45) is -0.299. The van der Waals surface area contributed by atoms with Crippen molar-refractivity contribution in [2.45, 2.75) is 25.3 Å². The first-order valence-electron chi connectivity index (χ1n) is 7.75. The molecule has 0 spiro atoms. The van der Waals surface area contributed by atoms with Crippen molar-refractivity contribution in [1.82, 2.24) is 0 Å². The minimum atomic E-state index is -1.11. The topological polar surface area (TPSA) is 72.9 Å². The maximum absolute atomic E-state index is 12.6. The van der Waals surface area contributed by atoms with Gasteiger partial charge >= 0.3 is 12.1 Å². The van der Waals surface area contributed by atoms with Gasteiger partial charge in [0.05, 0.1) is 25.4 Å². The van der Waals surface area contributed by atoms with Crippen molar-refractivity contribution in [2.24, 2.45) is 11.3 Å². The summed E-state index contributed by atoms with van der Waals surface area (Å²) in [6, 6.07) is 7.07. The fourth-order valence-corrected chi connectivity index (χ4v) is 4.60. The van der Waals surface area contributed by atoms with E-state index >= 15 is 0 Å². The second kappa shape index (κ2) is 4.57. The molecule has 6 nitrogen and oxygen atoms in total. The first-order valence-corrected chi connectivity index (χ1v) is 7.75. The Kier molecular flexibility index (Phi) is 2.83. The van der Waals surface area contributed by atoms with Gasteiger partial charge in [0.15, 0.2) is 5.78 Å². The van der Waals surface area contributed by atoms with Crippen LogP contribution in [0, 0.1) is 11.3 Å². The lowest BCUT2D eigenvalue weighted by Gasteiger charge is -2.35. The Hall–Kier alpha value is -2.37. The van der Waals surface area contributed by atoms with E-state index in [1.807, 2.05) is 24.3 Å². The number of carbonyl (C=O) groups is 3. The number of fused-ring (bicyclic) bond motifs is 3. The molecule has 4 unspecified atom stereocenters. The summed E-state index contributed by atoms with van der Waals surface area (Å²) < 4.78 is 10.1. The second-order valence-corrected chi connectivity index (χ2v) is 6.19. The SMILES string of the molecule is CCOC(=O)N1c2ccccc2C2C3C1CC(=O)C23C(=O)OC. The van der Waals surface area contributed by atoms with Gasteiger partial charge in [-0.15, -0.1) is 0 Å². The van der Waals surface area contributed by atoms with Crippen LogP contribution in [0.25, 0.3) is 0 Å². The molecule has 0 bridgehead atoms.